The first-order chi connectivity index (χ1) is 14.2. The average Bonchev–Trinajstić information content (AvgIpc) is 3.46. The molecular weight excluding hydrogens is 411 g/mol. The summed E-state index contributed by atoms with van der Waals surface area (Å²) in [5.74, 6) is 0.562. The minimum Gasteiger partial charge on any atom is -0.376 e. The normalized spacial score (nSPS) is 27.4. The van der Waals surface area contributed by atoms with Crippen LogP contribution in [0.1, 0.15) is 55.7 Å². The van der Waals surface area contributed by atoms with Crippen molar-refractivity contribution in [2.45, 2.75) is 69.4 Å². The zero-order valence-electron chi connectivity index (χ0n) is 16.4. The van der Waals surface area contributed by atoms with Gasteiger partial charge in [0.1, 0.15) is 5.69 Å². The summed E-state index contributed by atoms with van der Waals surface area (Å²) in [6.45, 7) is 1.84. The molecule has 0 N–H and O–H groups in total. The monoisotopic (exact) mass is 436 g/mol. The molecule has 0 radical (unpaired) electrons. The van der Waals surface area contributed by atoms with Crippen LogP contribution in [-0.4, -0.2) is 41.3 Å². The molecule has 3 fully saturated rings. The summed E-state index contributed by atoms with van der Waals surface area (Å²) in [4.78, 5) is 0. The Labute approximate surface area is 181 Å². The number of ether oxygens (including phenoxy) is 3. The summed E-state index contributed by atoms with van der Waals surface area (Å²) >= 11 is 12.9. The molecule has 1 aromatic heterocycles. The van der Waals surface area contributed by atoms with E-state index >= 15 is 0 Å². The molecule has 5 rings (SSSR count). The van der Waals surface area contributed by atoms with Crippen LogP contribution in [0.15, 0.2) is 24.4 Å². The Bertz CT molecular complexity index is 831. The minimum atomic E-state index is 0.114. The fourth-order valence-electron chi connectivity index (χ4n) is 4.51. The van der Waals surface area contributed by atoms with E-state index in [1.165, 1.54) is 18.4 Å². The number of halogens is 2. The van der Waals surface area contributed by atoms with E-state index in [1.54, 1.807) is 0 Å². The Kier molecular flexibility index (Phi) is 5.85. The number of para-hydroxylation sites is 1. The molecule has 3 aliphatic rings. The summed E-state index contributed by atoms with van der Waals surface area (Å²) < 4.78 is 20.2. The SMILES string of the molecule is Clc1cccc(Cl)c1-n1ncc(C2CC2)c1COC1C[C@H]2CC[C@@H](C1)OCCO2. The molecular formula is C22H26Cl2N2O3. The molecule has 2 aromatic rings. The molecule has 0 amide bonds. The topological polar surface area (TPSA) is 45.5 Å². The molecule has 156 valence electrons. The van der Waals surface area contributed by atoms with Crippen molar-refractivity contribution in [3.8, 4) is 5.69 Å². The van der Waals surface area contributed by atoms with Crippen molar-refractivity contribution in [3.05, 3.63) is 45.7 Å². The lowest BCUT2D eigenvalue weighted by molar-refractivity contribution is -0.0451. The molecule has 2 aliphatic carbocycles. The highest BCUT2D eigenvalue weighted by Crippen LogP contribution is 2.43. The maximum absolute atomic E-state index is 6.47. The third-order valence-electron chi connectivity index (χ3n) is 6.18. The standard InChI is InChI=1S/C22H26Cl2N2O3/c23-19-2-1-3-20(24)22(19)26-21(18(12-25-26)14-4-5-14)13-29-17-10-15-6-7-16(11-17)28-9-8-27-15/h1-3,12,14-17H,4-11,13H2/t15-,16+,17?. The molecule has 1 aromatic carbocycles. The molecule has 3 atom stereocenters. The Balaban J connectivity index is 1.40. The first-order valence-electron chi connectivity index (χ1n) is 10.5. The number of hydrogen-bond donors (Lipinski definition) is 0. The number of rotatable bonds is 5. The Morgan fingerprint density at radius 2 is 1.66 bits per heavy atom. The quantitative estimate of drug-likeness (QED) is 0.637. The zero-order chi connectivity index (χ0) is 19.8. The summed E-state index contributed by atoms with van der Waals surface area (Å²) in [5, 5.41) is 5.82. The van der Waals surface area contributed by atoms with Crippen LogP contribution < -0.4 is 0 Å². The van der Waals surface area contributed by atoms with Crippen molar-refractivity contribution in [3.63, 3.8) is 0 Å². The minimum absolute atomic E-state index is 0.114. The van der Waals surface area contributed by atoms with Gasteiger partial charge in [0, 0.05) is 0 Å². The van der Waals surface area contributed by atoms with Crippen molar-refractivity contribution in [2.75, 3.05) is 13.2 Å². The maximum Gasteiger partial charge on any atom is 0.102 e. The number of fused-ring (bicyclic) bond motifs is 3. The Morgan fingerprint density at radius 1 is 1.00 bits per heavy atom. The predicted molar refractivity (Wildman–Crippen MR) is 112 cm³/mol. The van der Waals surface area contributed by atoms with E-state index in [0.717, 1.165) is 37.1 Å². The van der Waals surface area contributed by atoms with Crippen LogP contribution in [0.3, 0.4) is 0 Å². The van der Waals surface area contributed by atoms with Crippen molar-refractivity contribution in [1.29, 1.82) is 0 Å². The molecule has 2 heterocycles. The van der Waals surface area contributed by atoms with Crippen LogP contribution in [-0.2, 0) is 20.8 Å². The van der Waals surface area contributed by atoms with Gasteiger partial charge in [-0.15, -0.1) is 0 Å². The molecule has 0 spiro atoms. The van der Waals surface area contributed by atoms with E-state index in [9.17, 15) is 0 Å². The fourth-order valence-corrected chi connectivity index (χ4v) is 5.06. The molecule has 2 bridgehead atoms. The summed E-state index contributed by atoms with van der Waals surface area (Å²) in [6.07, 6.45) is 8.92. The van der Waals surface area contributed by atoms with E-state index in [-0.39, 0.29) is 18.3 Å². The van der Waals surface area contributed by atoms with Crippen molar-refractivity contribution in [2.24, 2.45) is 0 Å². The predicted octanol–water partition coefficient (Wildman–Crippen LogP) is 5.30. The van der Waals surface area contributed by atoms with Gasteiger partial charge < -0.3 is 14.2 Å². The van der Waals surface area contributed by atoms with Crippen LogP contribution >= 0.6 is 23.2 Å². The van der Waals surface area contributed by atoms with Crippen molar-refractivity contribution in [1.82, 2.24) is 9.78 Å². The van der Waals surface area contributed by atoms with Crippen LogP contribution in [0.25, 0.3) is 5.69 Å². The van der Waals surface area contributed by atoms with E-state index in [2.05, 4.69) is 5.10 Å². The van der Waals surface area contributed by atoms with Gasteiger partial charge in [-0.3, -0.25) is 0 Å². The van der Waals surface area contributed by atoms with Gasteiger partial charge in [0.05, 0.1) is 60.1 Å². The molecule has 1 saturated heterocycles. The van der Waals surface area contributed by atoms with Gasteiger partial charge in [0.25, 0.3) is 0 Å². The zero-order valence-corrected chi connectivity index (χ0v) is 17.9. The summed E-state index contributed by atoms with van der Waals surface area (Å²) in [7, 11) is 0. The van der Waals surface area contributed by atoms with Gasteiger partial charge in [-0.2, -0.15) is 5.10 Å². The van der Waals surface area contributed by atoms with E-state index < -0.39 is 0 Å². The second kappa shape index (κ2) is 8.56. The summed E-state index contributed by atoms with van der Waals surface area (Å²) in [6, 6.07) is 5.54. The lowest BCUT2D eigenvalue weighted by Crippen LogP contribution is -2.22. The number of hydrogen-bond acceptors (Lipinski definition) is 4. The van der Waals surface area contributed by atoms with Crippen LogP contribution in [0.2, 0.25) is 10.0 Å². The fraction of sp³-hybridized carbons (Fsp3) is 0.591. The first kappa shape index (κ1) is 19.8. The smallest absolute Gasteiger partial charge is 0.102 e. The molecule has 29 heavy (non-hydrogen) atoms. The van der Waals surface area contributed by atoms with Gasteiger partial charge >= 0.3 is 0 Å². The second-order valence-electron chi connectivity index (χ2n) is 8.27. The first-order valence-corrected chi connectivity index (χ1v) is 11.3. The third-order valence-corrected chi connectivity index (χ3v) is 6.79. The van der Waals surface area contributed by atoms with E-state index in [4.69, 9.17) is 37.4 Å². The molecule has 7 heteroatoms. The molecule has 2 saturated carbocycles. The number of nitrogens with zero attached hydrogens (tertiary/aromatic N) is 2. The highest BCUT2D eigenvalue weighted by atomic mass is 35.5. The highest BCUT2D eigenvalue weighted by molar-refractivity contribution is 6.37. The molecule has 1 unspecified atom stereocenters. The van der Waals surface area contributed by atoms with E-state index in [1.807, 2.05) is 29.1 Å². The summed E-state index contributed by atoms with van der Waals surface area (Å²) in [5.41, 5.74) is 3.03. The molecule has 5 nitrogen and oxygen atoms in total. The van der Waals surface area contributed by atoms with Gasteiger partial charge in [-0.1, -0.05) is 29.3 Å². The Morgan fingerprint density at radius 3 is 2.28 bits per heavy atom. The lowest BCUT2D eigenvalue weighted by Gasteiger charge is -2.21. The van der Waals surface area contributed by atoms with Gasteiger partial charge in [-0.05, 0) is 62.1 Å². The number of benzene rings is 1. The third kappa shape index (κ3) is 4.35. The van der Waals surface area contributed by atoms with E-state index in [0.29, 0.717) is 35.8 Å². The van der Waals surface area contributed by atoms with Crippen LogP contribution in [0, 0.1) is 0 Å². The van der Waals surface area contributed by atoms with Crippen molar-refractivity contribution >= 4 is 23.2 Å². The van der Waals surface area contributed by atoms with Crippen LogP contribution in [0.5, 0.6) is 0 Å². The van der Waals surface area contributed by atoms with Crippen molar-refractivity contribution < 1.29 is 14.2 Å². The largest absolute Gasteiger partial charge is 0.376 e. The lowest BCUT2D eigenvalue weighted by atomic mass is 10.1. The van der Waals surface area contributed by atoms with Crippen LogP contribution in [0.4, 0.5) is 0 Å². The van der Waals surface area contributed by atoms with Gasteiger partial charge in [-0.25, -0.2) is 4.68 Å². The molecule has 1 aliphatic heterocycles. The number of aromatic nitrogens is 2. The van der Waals surface area contributed by atoms with Gasteiger partial charge in [0.15, 0.2) is 0 Å². The second-order valence-corrected chi connectivity index (χ2v) is 9.08. The highest BCUT2D eigenvalue weighted by Gasteiger charge is 2.32. The Hall–Kier alpha value is -1.11. The average molecular weight is 437 g/mol. The van der Waals surface area contributed by atoms with Gasteiger partial charge in [0.2, 0.25) is 0 Å². The maximum atomic E-state index is 6.47.